The van der Waals surface area contributed by atoms with E-state index < -0.39 is 0 Å². The lowest BCUT2D eigenvalue weighted by Crippen LogP contribution is -2.27. The second-order valence-corrected chi connectivity index (χ2v) is 5.98. The van der Waals surface area contributed by atoms with Crippen LogP contribution < -0.4 is 5.32 Å². The fourth-order valence-corrected chi connectivity index (χ4v) is 2.59. The molecule has 1 atom stereocenters. The second kappa shape index (κ2) is 5.67. The number of amides is 1. The maximum absolute atomic E-state index is 12.0. The lowest BCUT2D eigenvalue weighted by Gasteiger charge is -2.16. The molecule has 1 heterocycles. The van der Waals surface area contributed by atoms with E-state index in [0.29, 0.717) is 0 Å². The van der Waals surface area contributed by atoms with Crippen molar-refractivity contribution in [1.29, 1.82) is 0 Å². The number of aromatic nitrogens is 2. The average Bonchev–Trinajstić information content (AvgIpc) is 2.79. The SMILES string of the molecule is Cc1ccc(C)c(C(C)NC(=O)c2nnc(Cl)s2)c1. The molecule has 1 aromatic carbocycles. The number of rotatable bonds is 3. The van der Waals surface area contributed by atoms with E-state index in [0.717, 1.165) is 22.5 Å². The summed E-state index contributed by atoms with van der Waals surface area (Å²) >= 11 is 6.74. The highest BCUT2D eigenvalue weighted by molar-refractivity contribution is 7.17. The number of halogens is 1. The molecule has 0 aliphatic heterocycles. The van der Waals surface area contributed by atoms with E-state index in [1.165, 1.54) is 5.56 Å². The van der Waals surface area contributed by atoms with Crippen molar-refractivity contribution in [3.63, 3.8) is 0 Å². The minimum absolute atomic E-state index is 0.0879. The molecule has 0 spiro atoms. The van der Waals surface area contributed by atoms with Crippen LogP contribution in [0, 0.1) is 13.8 Å². The molecule has 19 heavy (non-hydrogen) atoms. The van der Waals surface area contributed by atoms with Gasteiger partial charge in [0.2, 0.25) is 9.47 Å². The van der Waals surface area contributed by atoms with Gasteiger partial charge in [0.15, 0.2) is 0 Å². The number of carbonyl (C=O) groups excluding carboxylic acids is 1. The molecule has 0 aliphatic rings. The molecule has 2 aromatic rings. The lowest BCUT2D eigenvalue weighted by molar-refractivity contribution is 0.0938. The Kier molecular flexibility index (Phi) is 4.17. The Morgan fingerprint density at radius 2 is 2.11 bits per heavy atom. The van der Waals surface area contributed by atoms with E-state index in [9.17, 15) is 4.79 Å². The van der Waals surface area contributed by atoms with E-state index in [-0.39, 0.29) is 21.4 Å². The molecule has 0 bridgehead atoms. The number of hydrogen-bond donors (Lipinski definition) is 1. The Hall–Kier alpha value is -1.46. The van der Waals surface area contributed by atoms with Crippen molar-refractivity contribution in [2.24, 2.45) is 0 Å². The Morgan fingerprint density at radius 1 is 1.37 bits per heavy atom. The van der Waals surface area contributed by atoms with Gasteiger partial charge in [-0.15, -0.1) is 10.2 Å². The van der Waals surface area contributed by atoms with Gasteiger partial charge in [-0.05, 0) is 43.5 Å². The van der Waals surface area contributed by atoms with E-state index >= 15 is 0 Å². The van der Waals surface area contributed by atoms with Crippen LogP contribution in [0.1, 0.15) is 39.5 Å². The summed E-state index contributed by atoms with van der Waals surface area (Å²) in [6.45, 7) is 6.00. The summed E-state index contributed by atoms with van der Waals surface area (Å²) in [7, 11) is 0. The Labute approximate surface area is 120 Å². The molecule has 0 aliphatic carbocycles. The van der Waals surface area contributed by atoms with Gasteiger partial charge in [-0.1, -0.05) is 35.1 Å². The van der Waals surface area contributed by atoms with E-state index in [2.05, 4.69) is 33.7 Å². The second-order valence-electron chi connectivity index (χ2n) is 4.42. The summed E-state index contributed by atoms with van der Waals surface area (Å²) in [5.41, 5.74) is 3.42. The van der Waals surface area contributed by atoms with E-state index in [1.54, 1.807) is 0 Å². The van der Waals surface area contributed by atoms with E-state index in [4.69, 9.17) is 11.6 Å². The Morgan fingerprint density at radius 3 is 2.74 bits per heavy atom. The van der Waals surface area contributed by atoms with Gasteiger partial charge < -0.3 is 5.32 Å². The zero-order valence-corrected chi connectivity index (χ0v) is 12.5. The first-order valence-electron chi connectivity index (χ1n) is 5.84. The van der Waals surface area contributed by atoms with Crippen molar-refractivity contribution < 1.29 is 4.79 Å². The fourth-order valence-electron chi connectivity index (χ4n) is 1.86. The van der Waals surface area contributed by atoms with Crippen LogP contribution in [-0.2, 0) is 0 Å². The molecule has 0 saturated carbocycles. The van der Waals surface area contributed by atoms with Crippen molar-refractivity contribution >= 4 is 28.8 Å². The van der Waals surface area contributed by atoms with Crippen molar-refractivity contribution in [2.75, 3.05) is 0 Å². The third kappa shape index (κ3) is 3.30. The summed E-state index contributed by atoms with van der Waals surface area (Å²) in [4.78, 5) is 12.0. The largest absolute Gasteiger partial charge is 0.343 e. The number of aryl methyl sites for hydroxylation is 2. The van der Waals surface area contributed by atoms with Crippen LogP contribution >= 0.6 is 22.9 Å². The maximum atomic E-state index is 12.0. The standard InChI is InChI=1S/C13H14ClN3OS/c1-7-4-5-8(2)10(6-7)9(3)15-11(18)12-16-17-13(14)19-12/h4-6,9H,1-3H3,(H,15,18). The highest BCUT2D eigenvalue weighted by Crippen LogP contribution is 2.20. The molecule has 1 N–H and O–H groups in total. The molecule has 0 radical (unpaired) electrons. The molecule has 2 rings (SSSR count). The average molecular weight is 296 g/mol. The molecule has 1 amide bonds. The van der Waals surface area contributed by atoms with Crippen LogP contribution in [0.15, 0.2) is 18.2 Å². The molecule has 1 aromatic heterocycles. The van der Waals surface area contributed by atoms with Gasteiger partial charge in [-0.2, -0.15) is 0 Å². The third-order valence-corrected chi connectivity index (χ3v) is 3.86. The number of nitrogens with zero attached hydrogens (tertiary/aromatic N) is 2. The smallest absolute Gasteiger partial charge is 0.282 e. The number of carbonyl (C=O) groups is 1. The highest BCUT2D eigenvalue weighted by Gasteiger charge is 2.16. The van der Waals surface area contributed by atoms with Crippen molar-refractivity contribution in [3.05, 3.63) is 44.4 Å². The molecular weight excluding hydrogens is 282 g/mol. The van der Waals surface area contributed by atoms with Crippen LogP contribution in [0.3, 0.4) is 0 Å². The fraction of sp³-hybridized carbons (Fsp3) is 0.308. The van der Waals surface area contributed by atoms with Gasteiger partial charge in [0.05, 0.1) is 6.04 Å². The molecule has 1 unspecified atom stereocenters. The van der Waals surface area contributed by atoms with Crippen LogP contribution in [0.2, 0.25) is 4.47 Å². The number of hydrogen-bond acceptors (Lipinski definition) is 4. The summed E-state index contributed by atoms with van der Waals surface area (Å²) in [6.07, 6.45) is 0. The monoisotopic (exact) mass is 295 g/mol. The zero-order chi connectivity index (χ0) is 14.0. The topological polar surface area (TPSA) is 54.9 Å². The molecule has 4 nitrogen and oxygen atoms in total. The number of benzene rings is 1. The van der Waals surface area contributed by atoms with Crippen LogP contribution in [0.25, 0.3) is 0 Å². The predicted octanol–water partition coefficient (Wildman–Crippen LogP) is 3.30. The molecule has 100 valence electrons. The molecule has 0 fully saturated rings. The third-order valence-electron chi connectivity index (χ3n) is 2.84. The first kappa shape index (κ1) is 14.0. The lowest BCUT2D eigenvalue weighted by atomic mass is 10.00. The van der Waals surface area contributed by atoms with Crippen LogP contribution in [-0.4, -0.2) is 16.1 Å². The minimum atomic E-state index is -0.252. The first-order chi connectivity index (χ1) is 8.97. The maximum Gasteiger partial charge on any atom is 0.282 e. The molecule has 0 saturated heterocycles. The quantitative estimate of drug-likeness (QED) is 0.945. The zero-order valence-electron chi connectivity index (χ0n) is 10.9. The van der Waals surface area contributed by atoms with Gasteiger partial charge in [0.1, 0.15) is 0 Å². The van der Waals surface area contributed by atoms with Gasteiger partial charge in [0.25, 0.3) is 5.91 Å². The number of nitrogens with one attached hydrogen (secondary N) is 1. The molecule has 6 heteroatoms. The van der Waals surface area contributed by atoms with Gasteiger partial charge in [-0.3, -0.25) is 4.79 Å². The van der Waals surface area contributed by atoms with Crippen molar-refractivity contribution in [1.82, 2.24) is 15.5 Å². The minimum Gasteiger partial charge on any atom is -0.343 e. The predicted molar refractivity (Wildman–Crippen MR) is 76.7 cm³/mol. The summed E-state index contributed by atoms with van der Waals surface area (Å²) in [5, 5.41) is 10.5. The molecular formula is C13H14ClN3OS. The van der Waals surface area contributed by atoms with Gasteiger partial charge >= 0.3 is 0 Å². The van der Waals surface area contributed by atoms with Crippen molar-refractivity contribution in [3.8, 4) is 0 Å². The van der Waals surface area contributed by atoms with Crippen molar-refractivity contribution in [2.45, 2.75) is 26.8 Å². The summed E-state index contributed by atoms with van der Waals surface area (Å²) in [5.74, 6) is -0.252. The first-order valence-corrected chi connectivity index (χ1v) is 7.04. The summed E-state index contributed by atoms with van der Waals surface area (Å²) < 4.78 is 0.268. The van der Waals surface area contributed by atoms with Gasteiger partial charge in [-0.25, -0.2) is 0 Å². The Bertz CT molecular complexity index is 612. The highest BCUT2D eigenvalue weighted by atomic mass is 35.5. The van der Waals surface area contributed by atoms with Crippen LogP contribution in [0.5, 0.6) is 0 Å². The Balaban J connectivity index is 2.14. The summed E-state index contributed by atoms with van der Waals surface area (Å²) in [6, 6.07) is 6.09. The van der Waals surface area contributed by atoms with Crippen LogP contribution in [0.4, 0.5) is 0 Å². The normalized spacial score (nSPS) is 12.2. The van der Waals surface area contributed by atoms with E-state index in [1.807, 2.05) is 20.8 Å². The van der Waals surface area contributed by atoms with Gasteiger partial charge in [0, 0.05) is 0 Å².